The highest BCUT2D eigenvalue weighted by molar-refractivity contribution is 5.94. The zero-order valence-corrected chi connectivity index (χ0v) is 12.0. The molecule has 0 radical (unpaired) electrons. The normalized spacial score (nSPS) is 12.0. The molecule has 7 heteroatoms. The first kappa shape index (κ1) is 15.0. The van der Waals surface area contributed by atoms with Crippen LogP contribution in [-0.2, 0) is 11.4 Å². The monoisotopic (exact) mass is 290 g/mol. The van der Waals surface area contributed by atoms with Crippen LogP contribution in [0.4, 0.5) is 5.69 Å². The number of amides is 1. The van der Waals surface area contributed by atoms with E-state index in [1.165, 1.54) is 4.68 Å². The molecule has 1 heterocycles. The Balaban J connectivity index is 2.10. The van der Waals surface area contributed by atoms with E-state index in [-0.39, 0.29) is 12.5 Å². The number of aliphatic hydroxyl groups is 1. The molecular weight excluding hydrogens is 272 g/mol. The second-order valence-corrected chi connectivity index (χ2v) is 4.44. The molecule has 2 rings (SSSR count). The number of rotatable bonds is 6. The molecule has 1 amide bonds. The van der Waals surface area contributed by atoms with Gasteiger partial charge in [0.15, 0.2) is 0 Å². The van der Waals surface area contributed by atoms with Crippen LogP contribution in [0.1, 0.15) is 25.6 Å². The molecular formula is C14H18N4O3. The molecule has 1 aromatic heterocycles. The Hall–Kier alpha value is -2.41. The van der Waals surface area contributed by atoms with Gasteiger partial charge in [-0.25, -0.2) is 4.68 Å². The van der Waals surface area contributed by atoms with Gasteiger partial charge in [-0.3, -0.25) is 4.79 Å². The van der Waals surface area contributed by atoms with Gasteiger partial charge in [-0.2, -0.15) is 0 Å². The van der Waals surface area contributed by atoms with E-state index < -0.39 is 6.04 Å². The van der Waals surface area contributed by atoms with E-state index in [9.17, 15) is 4.79 Å². The standard InChI is InChI=1S/C14H18N4O3/c1-3-21-13-7-5-4-6-12(13)15-14(20)10(2)18-8-11(9-19)16-17-18/h4-8,10,19H,3,9H2,1-2H3,(H,15,20). The highest BCUT2D eigenvalue weighted by Gasteiger charge is 2.18. The minimum absolute atomic E-state index is 0.207. The van der Waals surface area contributed by atoms with E-state index >= 15 is 0 Å². The Morgan fingerprint density at radius 1 is 1.48 bits per heavy atom. The molecule has 2 N–H and O–H groups in total. The fraction of sp³-hybridized carbons (Fsp3) is 0.357. The summed E-state index contributed by atoms with van der Waals surface area (Å²) < 4.78 is 6.87. The van der Waals surface area contributed by atoms with Gasteiger partial charge in [-0.15, -0.1) is 5.10 Å². The number of ether oxygens (including phenoxy) is 1. The summed E-state index contributed by atoms with van der Waals surface area (Å²) in [6.07, 6.45) is 1.54. The van der Waals surface area contributed by atoms with Crippen molar-refractivity contribution in [3.8, 4) is 5.75 Å². The Morgan fingerprint density at radius 3 is 2.90 bits per heavy atom. The summed E-state index contributed by atoms with van der Waals surface area (Å²) in [6.45, 7) is 3.90. The fourth-order valence-electron chi connectivity index (χ4n) is 1.78. The van der Waals surface area contributed by atoms with Crippen LogP contribution in [-0.4, -0.2) is 32.6 Å². The summed E-state index contributed by atoms with van der Waals surface area (Å²) in [5.41, 5.74) is 1.03. The van der Waals surface area contributed by atoms with Gasteiger partial charge in [0.05, 0.1) is 25.1 Å². The summed E-state index contributed by atoms with van der Waals surface area (Å²) in [6, 6.07) is 6.68. The molecule has 0 fully saturated rings. The van der Waals surface area contributed by atoms with Crippen molar-refractivity contribution in [2.45, 2.75) is 26.5 Å². The van der Waals surface area contributed by atoms with Gasteiger partial charge in [0.1, 0.15) is 17.5 Å². The molecule has 112 valence electrons. The van der Waals surface area contributed by atoms with Gasteiger partial charge in [-0.05, 0) is 26.0 Å². The second kappa shape index (κ2) is 6.85. The molecule has 0 spiro atoms. The minimum atomic E-state index is -0.549. The van der Waals surface area contributed by atoms with E-state index in [2.05, 4.69) is 15.6 Å². The Labute approximate surface area is 122 Å². The van der Waals surface area contributed by atoms with Gasteiger partial charge in [0.2, 0.25) is 5.91 Å². The number of aromatic nitrogens is 3. The average Bonchev–Trinajstić information content (AvgIpc) is 2.97. The van der Waals surface area contributed by atoms with Crippen molar-refractivity contribution in [1.82, 2.24) is 15.0 Å². The summed E-state index contributed by atoms with van der Waals surface area (Å²) >= 11 is 0. The van der Waals surface area contributed by atoms with Crippen LogP contribution in [0, 0.1) is 0 Å². The molecule has 1 unspecified atom stereocenters. The summed E-state index contributed by atoms with van der Waals surface area (Å²) in [5, 5.41) is 19.3. The summed E-state index contributed by atoms with van der Waals surface area (Å²) in [5.74, 6) is 0.381. The van der Waals surface area contributed by atoms with E-state index in [0.717, 1.165) is 0 Å². The number of hydrogen-bond donors (Lipinski definition) is 2. The molecule has 0 bridgehead atoms. The van der Waals surface area contributed by atoms with E-state index in [0.29, 0.717) is 23.7 Å². The molecule has 0 aliphatic rings. The predicted octanol–water partition coefficient (Wildman–Crippen LogP) is 1.37. The van der Waals surface area contributed by atoms with Gasteiger partial charge >= 0.3 is 0 Å². The molecule has 0 aliphatic carbocycles. The number of hydrogen-bond acceptors (Lipinski definition) is 5. The average molecular weight is 290 g/mol. The van der Waals surface area contributed by atoms with Crippen LogP contribution in [0.15, 0.2) is 30.5 Å². The zero-order valence-electron chi connectivity index (χ0n) is 12.0. The predicted molar refractivity (Wildman–Crippen MR) is 76.9 cm³/mol. The number of nitrogens with zero attached hydrogens (tertiary/aromatic N) is 3. The number of benzene rings is 1. The van der Waals surface area contributed by atoms with Gasteiger partial charge in [-0.1, -0.05) is 17.3 Å². The first-order chi connectivity index (χ1) is 10.2. The number of aliphatic hydroxyl groups excluding tert-OH is 1. The van der Waals surface area contributed by atoms with Crippen molar-refractivity contribution in [1.29, 1.82) is 0 Å². The number of nitrogens with one attached hydrogen (secondary N) is 1. The third-order valence-electron chi connectivity index (χ3n) is 2.94. The maximum absolute atomic E-state index is 12.2. The van der Waals surface area contributed by atoms with Crippen LogP contribution in [0.2, 0.25) is 0 Å². The van der Waals surface area contributed by atoms with Crippen LogP contribution in [0.5, 0.6) is 5.75 Å². The van der Waals surface area contributed by atoms with Crippen LogP contribution >= 0.6 is 0 Å². The van der Waals surface area contributed by atoms with Gasteiger partial charge < -0.3 is 15.2 Å². The maximum Gasteiger partial charge on any atom is 0.249 e. The Morgan fingerprint density at radius 2 is 2.24 bits per heavy atom. The molecule has 7 nitrogen and oxygen atoms in total. The van der Waals surface area contributed by atoms with Crippen molar-refractivity contribution in [2.75, 3.05) is 11.9 Å². The number of para-hydroxylation sites is 2. The molecule has 0 saturated carbocycles. The second-order valence-electron chi connectivity index (χ2n) is 4.44. The molecule has 2 aromatic rings. The van der Waals surface area contributed by atoms with Crippen molar-refractivity contribution in [3.05, 3.63) is 36.2 Å². The van der Waals surface area contributed by atoms with Crippen LogP contribution in [0.25, 0.3) is 0 Å². The number of anilines is 1. The third-order valence-corrected chi connectivity index (χ3v) is 2.94. The Bertz CT molecular complexity index is 612. The van der Waals surface area contributed by atoms with Crippen LogP contribution < -0.4 is 10.1 Å². The quantitative estimate of drug-likeness (QED) is 0.838. The lowest BCUT2D eigenvalue weighted by atomic mass is 10.2. The summed E-state index contributed by atoms with van der Waals surface area (Å²) in [4.78, 5) is 12.2. The zero-order chi connectivity index (χ0) is 15.2. The van der Waals surface area contributed by atoms with Gasteiger partial charge in [0, 0.05) is 0 Å². The highest BCUT2D eigenvalue weighted by atomic mass is 16.5. The lowest BCUT2D eigenvalue weighted by molar-refractivity contribution is -0.119. The largest absolute Gasteiger partial charge is 0.492 e. The topological polar surface area (TPSA) is 89.3 Å². The lowest BCUT2D eigenvalue weighted by Gasteiger charge is -2.14. The SMILES string of the molecule is CCOc1ccccc1NC(=O)C(C)n1cc(CO)nn1. The molecule has 1 atom stereocenters. The minimum Gasteiger partial charge on any atom is -0.492 e. The van der Waals surface area contributed by atoms with E-state index in [4.69, 9.17) is 9.84 Å². The molecule has 1 aromatic carbocycles. The van der Waals surface area contributed by atoms with Crippen molar-refractivity contribution in [3.63, 3.8) is 0 Å². The van der Waals surface area contributed by atoms with E-state index in [1.807, 2.05) is 19.1 Å². The van der Waals surface area contributed by atoms with Crippen molar-refractivity contribution < 1.29 is 14.6 Å². The highest BCUT2D eigenvalue weighted by Crippen LogP contribution is 2.24. The number of carbonyl (C=O) groups is 1. The molecule has 0 aliphatic heterocycles. The maximum atomic E-state index is 12.2. The first-order valence-corrected chi connectivity index (χ1v) is 6.70. The number of carbonyl (C=O) groups excluding carboxylic acids is 1. The lowest BCUT2D eigenvalue weighted by Crippen LogP contribution is -2.24. The van der Waals surface area contributed by atoms with E-state index in [1.54, 1.807) is 25.3 Å². The Kier molecular flexibility index (Phi) is 4.89. The van der Waals surface area contributed by atoms with Crippen molar-refractivity contribution >= 4 is 11.6 Å². The van der Waals surface area contributed by atoms with Gasteiger partial charge in [0.25, 0.3) is 0 Å². The molecule has 0 saturated heterocycles. The van der Waals surface area contributed by atoms with Crippen molar-refractivity contribution in [2.24, 2.45) is 0 Å². The fourth-order valence-corrected chi connectivity index (χ4v) is 1.78. The first-order valence-electron chi connectivity index (χ1n) is 6.70. The third kappa shape index (κ3) is 3.57. The van der Waals surface area contributed by atoms with Crippen LogP contribution in [0.3, 0.4) is 0 Å². The summed E-state index contributed by atoms with van der Waals surface area (Å²) in [7, 11) is 0. The smallest absolute Gasteiger partial charge is 0.249 e. The molecule has 21 heavy (non-hydrogen) atoms.